The second kappa shape index (κ2) is 5.95. The summed E-state index contributed by atoms with van der Waals surface area (Å²) in [5.74, 6) is 1.02. The van der Waals surface area contributed by atoms with Crippen molar-refractivity contribution in [3.63, 3.8) is 0 Å². The number of hydrogen-bond acceptors (Lipinski definition) is 3. The fraction of sp³-hybridized carbons (Fsp3) is 0.286. The standard InChI is InChI=1S/C14H15Cl2N3O2/c1-14(2,3)11-7-12(19-21-11)18-13(20)17-10-5-8(15)4-9(16)6-10/h4-7H,1-3H3,(H2,17,18,19,20). The third kappa shape index (κ3) is 4.37. The van der Waals surface area contributed by atoms with E-state index in [1.54, 1.807) is 24.3 Å². The molecular weight excluding hydrogens is 313 g/mol. The molecular formula is C14H15Cl2N3O2. The van der Waals surface area contributed by atoms with E-state index >= 15 is 0 Å². The first-order chi connectivity index (χ1) is 9.74. The van der Waals surface area contributed by atoms with Crippen molar-refractivity contribution < 1.29 is 9.32 Å². The molecule has 2 N–H and O–H groups in total. The lowest BCUT2D eigenvalue weighted by Gasteiger charge is -2.12. The maximum atomic E-state index is 11.9. The second-order valence-electron chi connectivity index (χ2n) is 5.56. The Morgan fingerprint density at radius 3 is 2.24 bits per heavy atom. The zero-order chi connectivity index (χ0) is 15.6. The quantitative estimate of drug-likeness (QED) is 0.822. The van der Waals surface area contributed by atoms with Gasteiger partial charge in [0.05, 0.1) is 0 Å². The number of urea groups is 1. The molecule has 112 valence electrons. The lowest BCUT2D eigenvalue weighted by molar-refractivity contribution is 0.262. The zero-order valence-electron chi connectivity index (χ0n) is 11.8. The number of rotatable bonds is 2. The number of hydrogen-bond donors (Lipinski definition) is 2. The summed E-state index contributed by atoms with van der Waals surface area (Å²) in [6, 6.07) is 6.00. The molecule has 2 amide bonds. The van der Waals surface area contributed by atoms with Gasteiger partial charge in [0.2, 0.25) is 0 Å². The molecule has 0 fully saturated rings. The van der Waals surface area contributed by atoms with Crippen LogP contribution in [0.5, 0.6) is 0 Å². The van der Waals surface area contributed by atoms with Gasteiger partial charge in [0.25, 0.3) is 0 Å². The topological polar surface area (TPSA) is 67.2 Å². The SMILES string of the molecule is CC(C)(C)c1cc(NC(=O)Nc2cc(Cl)cc(Cl)c2)no1. The Balaban J connectivity index is 2.03. The Morgan fingerprint density at radius 2 is 1.71 bits per heavy atom. The summed E-state index contributed by atoms with van der Waals surface area (Å²) >= 11 is 11.7. The van der Waals surface area contributed by atoms with E-state index in [-0.39, 0.29) is 5.41 Å². The summed E-state index contributed by atoms with van der Waals surface area (Å²) in [5.41, 5.74) is 0.314. The minimum Gasteiger partial charge on any atom is -0.359 e. The molecule has 1 heterocycles. The summed E-state index contributed by atoms with van der Waals surface area (Å²) in [7, 11) is 0. The number of nitrogens with zero attached hydrogens (tertiary/aromatic N) is 1. The Bertz CT molecular complexity index is 642. The van der Waals surface area contributed by atoms with Crippen LogP contribution < -0.4 is 10.6 Å². The lowest BCUT2D eigenvalue weighted by atomic mass is 9.93. The molecule has 2 rings (SSSR count). The monoisotopic (exact) mass is 327 g/mol. The van der Waals surface area contributed by atoms with Crippen LogP contribution in [0.15, 0.2) is 28.8 Å². The normalized spacial score (nSPS) is 11.3. The van der Waals surface area contributed by atoms with Gasteiger partial charge in [0.15, 0.2) is 5.82 Å². The van der Waals surface area contributed by atoms with Crippen LogP contribution in [-0.2, 0) is 5.41 Å². The molecule has 5 nitrogen and oxygen atoms in total. The molecule has 0 spiro atoms. The summed E-state index contributed by atoms with van der Waals surface area (Å²) in [4.78, 5) is 11.9. The summed E-state index contributed by atoms with van der Waals surface area (Å²) in [6.07, 6.45) is 0. The van der Waals surface area contributed by atoms with Crippen molar-refractivity contribution >= 4 is 40.7 Å². The lowest BCUT2D eigenvalue weighted by Crippen LogP contribution is -2.19. The fourth-order valence-electron chi connectivity index (χ4n) is 1.59. The average molecular weight is 328 g/mol. The van der Waals surface area contributed by atoms with E-state index in [9.17, 15) is 4.79 Å². The van der Waals surface area contributed by atoms with Crippen molar-refractivity contribution in [2.45, 2.75) is 26.2 Å². The van der Waals surface area contributed by atoms with E-state index in [2.05, 4.69) is 15.8 Å². The van der Waals surface area contributed by atoms with Gasteiger partial charge in [-0.1, -0.05) is 49.1 Å². The fourth-order valence-corrected chi connectivity index (χ4v) is 2.12. The number of halogens is 2. The van der Waals surface area contributed by atoms with Gasteiger partial charge in [0, 0.05) is 27.2 Å². The molecule has 0 saturated carbocycles. The van der Waals surface area contributed by atoms with Crippen molar-refractivity contribution in [1.29, 1.82) is 0 Å². The van der Waals surface area contributed by atoms with Gasteiger partial charge in [-0.2, -0.15) is 0 Å². The van der Waals surface area contributed by atoms with Crippen molar-refractivity contribution in [3.05, 3.63) is 40.1 Å². The second-order valence-corrected chi connectivity index (χ2v) is 6.44. The van der Waals surface area contributed by atoms with Crippen LogP contribution in [0, 0.1) is 0 Å². The predicted molar refractivity (Wildman–Crippen MR) is 84.3 cm³/mol. The van der Waals surface area contributed by atoms with Crippen LogP contribution in [0.2, 0.25) is 10.0 Å². The first-order valence-corrected chi connectivity index (χ1v) is 7.01. The molecule has 0 radical (unpaired) electrons. The third-order valence-corrected chi connectivity index (χ3v) is 3.05. The highest BCUT2D eigenvalue weighted by Crippen LogP contribution is 2.25. The summed E-state index contributed by atoms with van der Waals surface area (Å²) in [6.45, 7) is 5.97. The van der Waals surface area contributed by atoms with Gasteiger partial charge in [0.1, 0.15) is 5.76 Å². The number of benzene rings is 1. The van der Waals surface area contributed by atoms with Crippen LogP contribution in [0.4, 0.5) is 16.3 Å². The molecule has 7 heteroatoms. The number of nitrogens with one attached hydrogen (secondary N) is 2. The van der Waals surface area contributed by atoms with Gasteiger partial charge in [-0.3, -0.25) is 5.32 Å². The van der Waals surface area contributed by atoms with Gasteiger partial charge in [-0.15, -0.1) is 0 Å². The first kappa shape index (κ1) is 15.7. The maximum absolute atomic E-state index is 11.9. The van der Waals surface area contributed by atoms with Gasteiger partial charge >= 0.3 is 6.03 Å². The van der Waals surface area contributed by atoms with E-state index in [1.165, 1.54) is 0 Å². The van der Waals surface area contributed by atoms with Crippen LogP contribution in [0.25, 0.3) is 0 Å². The van der Waals surface area contributed by atoms with Gasteiger partial charge in [-0.05, 0) is 18.2 Å². The molecule has 21 heavy (non-hydrogen) atoms. The Labute approximate surface area is 132 Å². The zero-order valence-corrected chi connectivity index (χ0v) is 13.3. The number of aromatic nitrogens is 1. The number of carbonyl (C=O) groups excluding carboxylic acids is 1. The number of anilines is 2. The average Bonchev–Trinajstić information content (AvgIpc) is 2.75. The summed E-state index contributed by atoms with van der Waals surface area (Å²) < 4.78 is 5.18. The van der Waals surface area contributed by atoms with Crippen molar-refractivity contribution in [3.8, 4) is 0 Å². The molecule has 0 aliphatic heterocycles. The minimum absolute atomic E-state index is 0.177. The molecule has 0 aliphatic carbocycles. The van der Waals surface area contributed by atoms with E-state index in [4.69, 9.17) is 27.7 Å². The van der Waals surface area contributed by atoms with Crippen LogP contribution in [0.3, 0.4) is 0 Å². The highest BCUT2D eigenvalue weighted by molar-refractivity contribution is 6.35. The molecule has 0 atom stereocenters. The third-order valence-electron chi connectivity index (χ3n) is 2.61. The molecule has 1 aromatic heterocycles. The maximum Gasteiger partial charge on any atom is 0.324 e. The molecule has 1 aromatic carbocycles. The summed E-state index contributed by atoms with van der Waals surface area (Å²) in [5, 5.41) is 9.88. The van der Waals surface area contributed by atoms with Crippen molar-refractivity contribution in [2.24, 2.45) is 0 Å². The van der Waals surface area contributed by atoms with Gasteiger partial charge in [-0.25, -0.2) is 4.79 Å². The highest BCUT2D eigenvalue weighted by atomic mass is 35.5. The van der Waals surface area contributed by atoms with E-state index in [0.717, 1.165) is 0 Å². The van der Waals surface area contributed by atoms with Crippen LogP contribution >= 0.6 is 23.2 Å². The Hall–Kier alpha value is -1.72. The van der Waals surface area contributed by atoms with Crippen molar-refractivity contribution in [2.75, 3.05) is 10.6 Å². The largest absolute Gasteiger partial charge is 0.359 e. The smallest absolute Gasteiger partial charge is 0.324 e. The molecule has 2 aromatic rings. The number of carbonyl (C=O) groups is 1. The Kier molecular flexibility index (Phi) is 4.44. The Morgan fingerprint density at radius 1 is 1.10 bits per heavy atom. The molecule has 0 saturated heterocycles. The highest BCUT2D eigenvalue weighted by Gasteiger charge is 2.20. The van der Waals surface area contributed by atoms with E-state index in [0.29, 0.717) is 27.3 Å². The molecule has 0 bridgehead atoms. The van der Waals surface area contributed by atoms with E-state index in [1.807, 2.05) is 20.8 Å². The first-order valence-electron chi connectivity index (χ1n) is 6.25. The molecule has 0 unspecified atom stereocenters. The predicted octanol–water partition coefficient (Wildman–Crippen LogP) is 4.92. The van der Waals surface area contributed by atoms with Gasteiger partial charge < -0.3 is 9.84 Å². The van der Waals surface area contributed by atoms with Crippen LogP contribution in [-0.4, -0.2) is 11.2 Å². The van der Waals surface area contributed by atoms with E-state index < -0.39 is 6.03 Å². The number of amides is 2. The molecule has 0 aliphatic rings. The van der Waals surface area contributed by atoms with Crippen molar-refractivity contribution in [1.82, 2.24) is 5.16 Å². The van der Waals surface area contributed by atoms with Crippen LogP contribution in [0.1, 0.15) is 26.5 Å². The minimum atomic E-state index is -0.456.